The Hall–Kier alpha value is -1.91. The summed E-state index contributed by atoms with van der Waals surface area (Å²) in [6.07, 6.45) is 0. The molecule has 0 aliphatic rings. The molecule has 0 spiro atoms. The monoisotopic (exact) mass is 289 g/mol. The van der Waals surface area contributed by atoms with Gasteiger partial charge in [0.15, 0.2) is 0 Å². The van der Waals surface area contributed by atoms with Crippen molar-refractivity contribution < 1.29 is 13.9 Å². The molecule has 0 aliphatic heterocycles. The normalized spacial score (nSPS) is 12.2. The van der Waals surface area contributed by atoms with Gasteiger partial charge in [-0.05, 0) is 24.6 Å². The Balaban J connectivity index is 2.27. The quantitative estimate of drug-likeness (QED) is 0.831. The van der Waals surface area contributed by atoms with Gasteiger partial charge in [-0.25, -0.2) is 4.39 Å². The fraction of sp³-hybridized carbons (Fsp3) is 0.294. The molecule has 0 fully saturated rings. The third kappa shape index (κ3) is 3.80. The lowest BCUT2D eigenvalue weighted by atomic mass is 9.97. The molecule has 2 aromatic rings. The summed E-state index contributed by atoms with van der Waals surface area (Å²) in [5.41, 5.74) is 8.31. The zero-order valence-corrected chi connectivity index (χ0v) is 12.3. The highest BCUT2D eigenvalue weighted by Gasteiger charge is 2.17. The van der Waals surface area contributed by atoms with Crippen LogP contribution in [0, 0.1) is 12.7 Å². The zero-order chi connectivity index (χ0) is 15.2. The molecule has 0 amide bonds. The number of benzene rings is 2. The lowest BCUT2D eigenvalue weighted by molar-refractivity contribution is 0.145. The van der Waals surface area contributed by atoms with Crippen molar-refractivity contribution in [3.05, 3.63) is 65.0 Å². The third-order valence-electron chi connectivity index (χ3n) is 3.29. The fourth-order valence-corrected chi connectivity index (χ4v) is 2.16. The number of rotatable bonds is 6. The predicted molar refractivity (Wildman–Crippen MR) is 81.0 cm³/mol. The molecule has 0 bridgehead atoms. The number of ether oxygens (including phenoxy) is 2. The van der Waals surface area contributed by atoms with Crippen molar-refractivity contribution >= 4 is 0 Å². The van der Waals surface area contributed by atoms with Gasteiger partial charge in [-0.3, -0.25) is 0 Å². The van der Waals surface area contributed by atoms with E-state index in [4.69, 9.17) is 15.2 Å². The van der Waals surface area contributed by atoms with Gasteiger partial charge in [-0.15, -0.1) is 0 Å². The van der Waals surface area contributed by atoms with E-state index in [0.717, 1.165) is 11.1 Å². The first-order valence-corrected chi connectivity index (χ1v) is 6.85. The molecule has 112 valence electrons. The second-order valence-electron chi connectivity index (χ2n) is 4.88. The molecular weight excluding hydrogens is 269 g/mol. The Morgan fingerprint density at radius 2 is 1.86 bits per heavy atom. The Labute approximate surface area is 124 Å². The molecule has 2 rings (SSSR count). The van der Waals surface area contributed by atoms with Gasteiger partial charge in [0, 0.05) is 18.2 Å². The topological polar surface area (TPSA) is 44.5 Å². The number of aryl methyl sites for hydroxylation is 1. The number of hydrogen-bond acceptors (Lipinski definition) is 3. The average Bonchev–Trinajstić information content (AvgIpc) is 2.47. The van der Waals surface area contributed by atoms with Gasteiger partial charge in [0.25, 0.3) is 0 Å². The highest BCUT2D eigenvalue weighted by Crippen LogP contribution is 2.29. The van der Waals surface area contributed by atoms with Crippen molar-refractivity contribution in [1.29, 1.82) is 0 Å². The van der Waals surface area contributed by atoms with Crippen LogP contribution in [0.15, 0.2) is 42.5 Å². The van der Waals surface area contributed by atoms with Gasteiger partial charge >= 0.3 is 0 Å². The largest absolute Gasteiger partial charge is 0.491 e. The van der Waals surface area contributed by atoms with E-state index in [1.165, 1.54) is 6.07 Å². The van der Waals surface area contributed by atoms with E-state index in [1.807, 2.05) is 37.3 Å². The molecule has 0 radical (unpaired) electrons. The van der Waals surface area contributed by atoms with Crippen LogP contribution in [-0.2, 0) is 4.74 Å². The maximum Gasteiger partial charge on any atom is 0.128 e. The number of methoxy groups -OCH3 is 1. The van der Waals surface area contributed by atoms with Crippen LogP contribution >= 0.6 is 0 Å². The summed E-state index contributed by atoms with van der Waals surface area (Å²) in [6, 6.07) is 11.9. The van der Waals surface area contributed by atoms with Crippen molar-refractivity contribution in [3.8, 4) is 5.75 Å². The van der Waals surface area contributed by atoms with Gasteiger partial charge in [0.05, 0.1) is 12.6 Å². The summed E-state index contributed by atoms with van der Waals surface area (Å²) < 4.78 is 24.7. The number of nitrogens with two attached hydrogens (primary N) is 1. The molecule has 0 heterocycles. The van der Waals surface area contributed by atoms with E-state index in [9.17, 15) is 4.39 Å². The van der Waals surface area contributed by atoms with Crippen molar-refractivity contribution in [2.24, 2.45) is 5.73 Å². The summed E-state index contributed by atoms with van der Waals surface area (Å²) in [7, 11) is 1.61. The van der Waals surface area contributed by atoms with Crippen LogP contribution in [0.25, 0.3) is 0 Å². The Morgan fingerprint density at radius 3 is 2.57 bits per heavy atom. The Morgan fingerprint density at radius 1 is 1.10 bits per heavy atom. The summed E-state index contributed by atoms with van der Waals surface area (Å²) in [4.78, 5) is 0. The standard InChI is InChI=1S/C17H20FNO2/c1-12-7-8-13(15(18)11-12)17(19)14-5-3-4-6-16(14)21-10-9-20-2/h3-8,11,17H,9-10,19H2,1-2H3. The lowest BCUT2D eigenvalue weighted by Gasteiger charge is -2.18. The van der Waals surface area contributed by atoms with Crippen LogP contribution in [0.4, 0.5) is 4.39 Å². The van der Waals surface area contributed by atoms with E-state index in [0.29, 0.717) is 24.5 Å². The van der Waals surface area contributed by atoms with Gasteiger partial charge in [0.1, 0.15) is 18.2 Å². The molecule has 2 N–H and O–H groups in total. The van der Waals surface area contributed by atoms with Gasteiger partial charge < -0.3 is 15.2 Å². The second-order valence-corrected chi connectivity index (χ2v) is 4.88. The van der Waals surface area contributed by atoms with Crippen molar-refractivity contribution in [1.82, 2.24) is 0 Å². The smallest absolute Gasteiger partial charge is 0.128 e. The summed E-state index contributed by atoms with van der Waals surface area (Å²) >= 11 is 0. The average molecular weight is 289 g/mol. The minimum absolute atomic E-state index is 0.297. The van der Waals surface area contributed by atoms with Crippen molar-refractivity contribution in [2.45, 2.75) is 13.0 Å². The molecule has 1 unspecified atom stereocenters. The van der Waals surface area contributed by atoms with Crippen LogP contribution in [0.3, 0.4) is 0 Å². The van der Waals surface area contributed by atoms with Crippen LogP contribution in [0.2, 0.25) is 0 Å². The lowest BCUT2D eigenvalue weighted by Crippen LogP contribution is -2.16. The first kappa shape index (κ1) is 15.5. The molecule has 2 aromatic carbocycles. The highest BCUT2D eigenvalue weighted by molar-refractivity contribution is 5.42. The molecule has 0 aromatic heterocycles. The minimum Gasteiger partial charge on any atom is -0.491 e. The maximum atomic E-state index is 14.1. The SMILES string of the molecule is COCCOc1ccccc1C(N)c1ccc(C)cc1F. The Kier molecular flexibility index (Phi) is 5.31. The first-order valence-electron chi connectivity index (χ1n) is 6.85. The maximum absolute atomic E-state index is 14.1. The molecular formula is C17H20FNO2. The van der Waals surface area contributed by atoms with Crippen LogP contribution in [0.1, 0.15) is 22.7 Å². The molecule has 0 aliphatic carbocycles. The highest BCUT2D eigenvalue weighted by atomic mass is 19.1. The van der Waals surface area contributed by atoms with Crippen LogP contribution in [-0.4, -0.2) is 20.3 Å². The molecule has 0 saturated carbocycles. The molecule has 1 atom stereocenters. The van der Waals surface area contributed by atoms with E-state index < -0.39 is 6.04 Å². The fourth-order valence-electron chi connectivity index (χ4n) is 2.16. The zero-order valence-electron chi connectivity index (χ0n) is 12.3. The van der Waals surface area contributed by atoms with Crippen LogP contribution in [0.5, 0.6) is 5.75 Å². The molecule has 0 saturated heterocycles. The van der Waals surface area contributed by atoms with E-state index in [2.05, 4.69) is 0 Å². The van der Waals surface area contributed by atoms with E-state index >= 15 is 0 Å². The van der Waals surface area contributed by atoms with Gasteiger partial charge in [0.2, 0.25) is 0 Å². The number of halogens is 1. The molecule has 21 heavy (non-hydrogen) atoms. The first-order chi connectivity index (χ1) is 10.1. The third-order valence-corrected chi connectivity index (χ3v) is 3.29. The summed E-state index contributed by atoms with van der Waals surface area (Å²) in [5.74, 6) is 0.358. The Bertz CT molecular complexity index is 601. The molecule has 3 nitrogen and oxygen atoms in total. The summed E-state index contributed by atoms with van der Waals surface area (Å²) in [6.45, 7) is 2.76. The molecule has 4 heteroatoms. The van der Waals surface area contributed by atoms with Gasteiger partial charge in [-0.1, -0.05) is 30.3 Å². The van der Waals surface area contributed by atoms with E-state index in [1.54, 1.807) is 13.2 Å². The van der Waals surface area contributed by atoms with Gasteiger partial charge in [-0.2, -0.15) is 0 Å². The van der Waals surface area contributed by atoms with Crippen molar-refractivity contribution in [2.75, 3.05) is 20.3 Å². The number of para-hydroxylation sites is 1. The second kappa shape index (κ2) is 7.20. The van der Waals surface area contributed by atoms with E-state index in [-0.39, 0.29) is 5.82 Å². The minimum atomic E-state index is -0.565. The van der Waals surface area contributed by atoms with Crippen LogP contribution < -0.4 is 10.5 Å². The predicted octanol–water partition coefficient (Wildman–Crippen LogP) is 3.21. The summed E-state index contributed by atoms with van der Waals surface area (Å²) in [5, 5.41) is 0. The number of hydrogen-bond donors (Lipinski definition) is 1. The van der Waals surface area contributed by atoms with Crippen molar-refractivity contribution in [3.63, 3.8) is 0 Å².